The Labute approximate surface area is 94.0 Å². The average molecular weight is 321 g/mol. The van der Waals surface area contributed by atoms with Crippen molar-refractivity contribution in [2.45, 2.75) is 3.79 Å². The molecule has 0 aromatic heterocycles. The molecule has 0 amide bonds. The molecule has 0 bridgehead atoms. The van der Waals surface area contributed by atoms with Crippen molar-refractivity contribution in [3.63, 3.8) is 0 Å². The maximum Gasteiger partial charge on any atom is 0.216 e. The molecule has 0 atom stereocenters. The Hall–Kier alpha value is 0.820. The fraction of sp³-hybridized carbons (Fsp3) is 0.143. The third-order valence-electron chi connectivity index (χ3n) is 1.15. The van der Waals surface area contributed by atoms with Gasteiger partial charge in [-0.3, -0.25) is 0 Å². The lowest BCUT2D eigenvalue weighted by Gasteiger charge is -2.10. The van der Waals surface area contributed by atoms with E-state index in [1.807, 2.05) is 18.2 Å². The minimum absolute atomic E-state index is 0.703. The van der Waals surface area contributed by atoms with Gasteiger partial charge in [0.25, 0.3) is 0 Å². The van der Waals surface area contributed by atoms with Crippen LogP contribution in [-0.4, -0.2) is 0 Å². The molecule has 0 aliphatic heterocycles. The van der Waals surface area contributed by atoms with Crippen LogP contribution >= 0.6 is 57.4 Å². The number of halogens is 4. The monoisotopic (exact) mass is 320 g/mol. The largest absolute Gasteiger partial charge is 0.216 e. The van der Waals surface area contributed by atoms with Crippen LogP contribution in [0.5, 0.6) is 0 Å². The zero-order chi connectivity index (χ0) is 8.48. The van der Waals surface area contributed by atoms with Gasteiger partial charge in [-0.1, -0.05) is 46.9 Å². The summed E-state index contributed by atoms with van der Waals surface area (Å²) in [5.74, 6) is 0. The predicted octanol–water partition coefficient (Wildman–Crippen LogP) is 4.12. The summed E-state index contributed by atoms with van der Waals surface area (Å²) < 4.78 is -0.243. The molecule has 0 fully saturated rings. The van der Waals surface area contributed by atoms with Gasteiger partial charge in [-0.05, 0) is 34.7 Å². The maximum absolute atomic E-state index is 5.66. The normalized spacial score (nSPS) is 11.6. The molecular formula is C7H4Cl3I. The quantitative estimate of drug-likeness (QED) is 0.498. The first-order valence-electron chi connectivity index (χ1n) is 2.83. The minimum atomic E-state index is -1.30. The van der Waals surface area contributed by atoms with E-state index in [2.05, 4.69) is 22.6 Å². The van der Waals surface area contributed by atoms with Gasteiger partial charge < -0.3 is 0 Å². The van der Waals surface area contributed by atoms with E-state index in [9.17, 15) is 0 Å². The first-order chi connectivity index (χ1) is 5.00. The van der Waals surface area contributed by atoms with Crippen molar-refractivity contribution in [1.29, 1.82) is 0 Å². The molecule has 0 unspecified atom stereocenters. The summed E-state index contributed by atoms with van der Waals surface area (Å²) in [6.45, 7) is 0. The molecule has 11 heavy (non-hydrogen) atoms. The highest BCUT2D eigenvalue weighted by Crippen LogP contribution is 2.38. The Morgan fingerprint density at radius 1 is 1.18 bits per heavy atom. The standard InChI is InChI=1S/C7H4Cl3I/c8-7(9,10)5-2-1-3-6(11)4-5/h1-4H. The van der Waals surface area contributed by atoms with Crippen molar-refractivity contribution in [1.82, 2.24) is 0 Å². The second-order valence-corrected chi connectivity index (χ2v) is 5.53. The number of benzene rings is 1. The lowest BCUT2D eigenvalue weighted by Crippen LogP contribution is -1.99. The minimum Gasteiger partial charge on any atom is -0.0784 e. The van der Waals surface area contributed by atoms with Crippen molar-refractivity contribution in [3.8, 4) is 0 Å². The summed E-state index contributed by atoms with van der Waals surface area (Å²) in [5, 5.41) is 0. The number of hydrogen-bond acceptors (Lipinski definition) is 0. The zero-order valence-corrected chi connectivity index (χ0v) is 9.75. The third-order valence-corrected chi connectivity index (χ3v) is 2.48. The molecule has 0 spiro atoms. The molecule has 60 valence electrons. The van der Waals surface area contributed by atoms with Gasteiger partial charge in [0.05, 0.1) is 0 Å². The molecule has 0 N–H and O–H groups in total. The molecule has 0 aliphatic rings. The molecule has 4 heteroatoms. The van der Waals surface area contributed by atoms with Crippen LogP contribution in [0.2, 0.25) is 0 Å². The van der Waals surface area contributed by atoms with E-state index in [4.69, 9.17) is 34.8 Å². The summed E-state index contributed by atoms with van der Waals surface area (Å²) in [6.07, 6.45) is 0. The van der Waals surface area contributed by atoms with Crippen LogP contribution in [0.1, 0.15) is 5.56 Å². The second kappa shape index (κ2) is 3.69. The van der Waals surface area contributed by atoms with E-state index in [1.165, 1.54) is 0 Å². The van der Waals surface area contributed by atoms with Gasteiger partial charge in [-0.15, -0.1) is 0 Å². The van der Waals surface area contributed by atoms with Crippen LogP contribution in [0.3, 0.4) is 0 Å². The number of rotatable bonds is 0. The summed E-state index contributed by atoms with van der Waals surface area (Å²) >= 11 is 19.1. The van der Waals surface area contributed by atoms with E-state index in [1.54, 1.807) is 6.07 Å². The average Bonchev–Trinajstić information content (AvgIpc) is 1.86. The van der Waals surface area contributed by atoms with Gasteiger partial charge in [0.1, 0.15) is 0 Å². The maximum atomic E-state index is 5.66. The first kappa shape index (κ1) is 9.90. The summed E-state index contributed by atoms with van der Waals surface area (Å²) in [6, 6.07) is 7.43. The summed E-state index contributed by atoms with van der Waals surface area (Å²) in [4.78, 5) is 0. The second-order valence-electron chi connectivity index (χ2n) is 2.01. The molecule has 0 nitrogen and oxygen atoms in total. The Morgan fingerprint density at radius 2 is 1.82 bits per heavy atom. The van der Waals surface area contributed by atoms with Gasteiger partial charge in [-0.2, -0.15) is 0 Å². The van der Waals surface area contributed by atoms with E-state index in [0.29, 0.717) is 5.56 Å². The molecular weight excluding hydrogens is 317 g/mol. The number of hydrogen-bond donors (Lipinski definition) is 0. The predicted molar refractivity (Wildman–Crippen MR) is 58.4 cm³/mol. The summed E-state index contributed by atoms with van der Waals surface area (Å²) in [7, 11) is 0. The molecule has 1 aromatic carbocycles. The summed E-state index contributed by atoms with van der Waals surface area (Å²) in [5.41, 5.74) is 0.703. The molecule has 0 saturated carbocycles. The van der Waals surface area contributed by atoms with Crippen LogP contribution in [0, 0.1) is 3.57 Å². The molecule has 0 heterocycles. The van der Waals surface area contributed by atoms with E-state index in [-0.39, 0.29) is 0 Å². The first-order valence-corrected chi connectivity index (χ1v) is 5.04. The van der Waals surface area contributed by atoms with Crippen LogP contribution in [0.4, 0.5) is 0 Å². The Balaban J connectivity index is 3.06. The lowest BCUT2D eigenvalue weighted by atomic mass is 10.2. The van der Waals surface area contributed by atoms with Crippen LogP contribution in [-0.2, 0) is 3.79 Å². The highest BCUT2D eigenvalue weighted by atomic mass is 127. The van der Waals surface area contributed by atoms with Gasteiger partial charge in [0.2, 0.25) is 3.79 Å². The lowest BCUT2D eigenvalue weighted by molar-refractivity contribution is 1.24. The van der Waals surface area contributed by atoms with Gasteiger partial charge in [-0.25, -0.2) is 0 Å². The smallest absolute Gasteiger partial charge is 0.0784 e. The van der Waals surface area contributed by atoms with Gasteiger partial charge in [0, 0.05) is 9.13 Å². The Bertz CT molecular complexity index is 254. The Morgan fingerprint density at radius 3 is 2.18 bits per heavy atom. The van der Waals surface area contributed by atoms with Gasteiger partial charge >= 0.3 is 0 Å². The van der Waals surface area contributed by atoms with Crippen molar-refractivity contribution < 1.29 is 0 Å². The van der Waals surface area contributed by atoms with E-state index >= 15 is 0 Å². The molecule has 1 rings (SSSR count). The van der Waals surface area contributed by atoms with Crippen LogP contribution in [0.25, 0.3) is 0 Å². The fourth-order valence-electron chi connectivity index (χ4n) is 0.665. The molecule has 1 aromatic rings. The molecule has 0 aliphatic carbocycles. The number of alkyl halides is 3. The van der Waals surface area contributed by atoms with Crippen molar-refractivity contribution >= 4 is 57.4 Å². The van der Waals surface area contributed by atoms with Crippen LogP contribution < -0.4 is 0 Å². The fourth-order valence-corrected chi connectivity index (χ4v) is 1.56. The SMILES string of the molecule is ClC(Cl)(Cl)c1cccc(I)c1. The van der Waals surface area contributed by atoms with E-state index < -0.39 is 3.79 Å². The highest BCUT2D eigenvalue weighted by molar-refractivity contribution is 14.1. The van der Waals surface area contributed by atoms with Crippen molar-refractivity contribution in [2.75, 3.05) is 0 Å². The Kier molecular flexibility index (Phi) is 3.32. The van der Waals surface area contributed by atoms with Crippen molar-refractivity contribution in [3.05, 3.63) is 33.4 Å². The van der Waals surface area contributed by atoms with E-state index in [0.717, 1.165) is 3.57 Å². The van der Waals surface area contributed by atoms with Gasteiger partial charge in [0.15, 0.2) is 0 Å². The zero-order valence-electron chi connectivity index (χ0n) is 5.32. The molecule has 0 saturated heterocycles. The third kappa shape index (κ3) is 2.98. The van der Waals surface area contributed by atoms with Crippen LogP contribution in [0.15, 0.2) is 24.3 Å². The topological polar surface area (TPSA) is 0 Å². The van der Waals surface area contributed by atoms with Crippen molar-refractivity contribution in [2.24, 2.45) is 0 Å². The molecule has 0 radical (unpaired) electrons. The highest BCUT2D eigenvalue weighted by Gasteiger charge is 2.22.